The van der Waals surface area contributed by atoms with Crippen LogP contribution in [0.4, 0.5) is 5.69 Å². The number of hydrogen-bond donors (Lipinski definition) is 2. The Balaban J connectivity index is 2.10. The molecular formula is C11H17ClN2O. The van der Waals surface area contributed by atoms with Gasteiger partial charge in [0.25, 0.3) is 0 Å². The molecule has 0 atom stereocenters. The summed E-state index contributed by atoms with van der Waals surface area (Å²) in [4.78, 5) is 3.91. The van der Waals surface area contributed by atoms with Gasteiger partial charge in [0, 0.05) is 25.0 Å². The van der Waals surface area contributed by atoms with Crippen LogP contribution in [0.2, 0.25) is 5.15 Å². The Bertz CT molecular complexity index is 281. The quantitative estimate of drug-likeness (QED) is 0.557. The molecule has 2 N–H and O–H groups in total. The van der Waals surface area contributed by atoms with Crippen LogP contribution >= 0.6 is 11.6 Å². The Morgan fingerprint density at radius 2 is 2.07 bits per heavy atom. The number of nitrogens with one attached hydrogen (secondary N) is 1. The van der Waals surface area contributed by atoms with Crippen molar-refractivity contribution >= 4 is 17.3 Å². The first-order valence-electron chi connectivity index (χ1n) is 5.29. The summed E-state index contributed by atoms with van der Waals surface area (Å²) < 4.78 is 0. The van der Waals surface area contributed by atoms with Crippen molar-refractivity contribution < 1.29 is 5.11 Å². The summed E-state index contributed by atoms with van der Waals surface area (Å²) in [5.41, 5.74) is 1.01. The third-order valence-electron chi connectivity index (χ3n) is 2.14. The summed E-state index contributed by atoms with van der Waals surface area (Å²) in [5, 5.41) is 12.4. The first-order chi connectivity index (χ1) is 7.33. The third-order valence-corrected chi connectivity index (χ3v) is 2.35. The van der Waals surface area contributed by atoms with E-state index in [2.05, 4.69) is 10.3 Å². The van der Waals surface area contributed by atoms with E-state index in [0.29, 0.717) is 11.8 Å². The van der Waals surface area contributed by atoms with E-state index in [4.69, 9.17) is 16.7 Å². The minimum atomic E-state index is 0.299. The van der Waals surface area contributed by atoms with Crippen LogP contribution in [-0.4, -0.2) is 23.2 Å². The number of pyridine rings is 1. The molecule has 0 saturated heterocycles. The maximum Gasteiger partial charge on any atom is 0.131 e. The average molecular weight is 229 g/mol. The molecular weight excluding hydrogens is 212 g/mol. The summed E-state index contributed by atoms with van der Waals surface area (Å²) in [6.07, 6.45) is 5.94. The van der Waals surface area contributed by atoms with Crippen LogP contribution in [0.5, 0.6) is 0 Å². The van der Waals surface area contributed by atoms with Crippen molar-refractivity contribution in [3.63, 3.8) is 0 Å². The molecule has 0 unspecified atom stereocenters. The summed E-state index contributed by atoms with van der Waals surface area (Å²) >= 11 is 5.75. The van der Waals surface area contributed by atoms with Gasteiger partial charge in [-0.2, -0.15) is 0 Å². The molecule has 0 aliphatic carbocycles. The monoisotopic (exact) mass is 228 g/mol. The largest absolute Gasteiger partial charge is 0.396 e. The van der Waals surface area contributed by atoms with Crippen molar-refractivity contribution in [2.75, 3.05) is 18.5 Å². The Kier molecular flexibility index (Phi) is 6.12. The zero-order chi connectivity index (χ0) is 10.9. The lowest BCUT2D eigenvalue weighted by molar-refractivity contribution is 0.283. The predicted molar refractivity (Wildman–Crippen MR) is 63.3 cm³/mol. The van der Waals surface area contributed by atoms with Gasteiger partial charge in [0.15, 0.2) is 0 Å². The van der Waals surface area contributed by atoms with E-state index in [9.17, 15) is 0 Å². The molecule has 1 aromatic rings. The van der Waals surface area contributed by atoms with Gasteiger partial charge in [0.05, 0.1) is 0 Å². The summed E-state index contributed by atoms with van der Waals surface area (Å²) in [5.74, 6) is 0. The number of aliphatic hydroxyl groups is 1. The highest BCUT2D eigenvalue weighted by molar-refractivity contribution is 6.29. The predicted octanol–water partition coefficient (Wildman–Crippen LogP) is 2.70. The van der Waals surface area contributed by atoms with Crippen LogP contribution in [0, 0.1) is 0 Å². The zero-order valence-electron chi connectivity index (χ0n) is 8.75. The van der Waals surface area contributed by atoms with E-state index in [0.717, 1.165) is 37.9 Å². The summed E-state index contributed by atoms with van der Waals surface area (Å²) in [6, 6.07) is 3.72. The van der Waals surface area contributed by atoms with E-state index in [1.807, 2.05) is 12.1 Å². The summed E-state index contributed by atoms with van der Waals surface area (Å²) in [6.45, 7) is 1.24. The minimum absolute atomic E-state index is 0.299. The molecule has 1 heterocycles. The second kappa shape index (κ2) is 7.49. The number of unbranched alkanes of at least 4 members (excludes halogenated alkanes) is 3. The molecule has 15 heavy (non-hydrogen) atoms. The van der Waals surface area contributed by atoms with Gasteiger partial charge in [-0.05, 0) is 25.0 Å². The maximum absolute atomic E-state index is 8.59. The van der Waals surface area contributed by atoms with Crippen molar-refractivity contribution in [3.05, 3.63) is 23.5 Å². The molecule has 4 heteroatoms. The fourth-order valence-electron chi connectivity index (χ4n) is 1.34. The van der Waals surface area contributed by atoms with Crippen LogP contribution in [0.1, 0.15) is 25.7 Å². The lowest BCUT2D eigenvalue weighted by Crippen LogP contribution is -2.01. The molecule has 3 nitrogen and oxygen atoms in total. The molecule has 0 aliphatic heterocycles. The van der Waals surface area contributed by atoms with Crippen molar-refractivity contribution in [2.45, 2.75) is 25.7 Å². The molecule has 0 saturated carbocycles. The van der Waals surface area contributed by atoms with Gasteiger partial charge >= 0.3 is 0 Å². The van der Waals surface area contributed by atoms with Crippen molar-refractivity contribution in [1.29, 1.82) is 0 Å². The average Bonchev–Trinajstić information content (AvgIpc) is 2.23. The highest BCUT2D eigenvalue weighted by Crippen LogP contribution is 2.12. The Morgan fingerprint density at radius 3 is 2.80 bits per heavy atom. The molecule has 1 aromatic heterocycles. The second-order valence-corrected chi connectivity index (χ2v) is 3.82. The van der Waals surface area contributed by atoms with Gasteiger partial charge in [0.1, 0.15) is 5.15 Å². The molecule has 0 spiro atoms. The molecule has 0 fully saturated rings. The maximum atomic E-state index is 8.59. The molecule has 1 rings (SSSR count). The lowest BCUT2D eigenvalue weighted by atomic mass is 10.2. The molecule has 0 bridgehead atoms. The van der Waals surface area contributed by atoms with Crippen LogP contribution < -0.4 is 5.32 Å². The van der Waals surface area contributed by atoms with Crippen LogP contribution in [0.3, 0.4) is 0 Å². The zero-order valence-corrected chi connectivity index (χ0v) is 9.50. The number of aromatic nitrogens is 1. The van der Waals surface area contributed by atoms with Gasteiger partial charge in [0.2, 0.25) is 0 Å². The topological polar surface area (TPSA) is 45.1 Å². The summed E-state index contributed by atoms with van der Waals surface area (Å²) in [7, 11) is 0. The second-order valence-electron chi connectivity index (χ2n) is 3.43. The number of rotatable bonds is 7. The van der Waals surface area contributed by atoms with Gasteiger partial charge in [-0.1, -0.05) is 24.4 Å². The van der Waals surface area contributed by atoms with E-state index in [1.165, 1.54) is 0 Å². The van der Waals surface area contributed by atoms with Crippen molar-refractivity contribution in [2.24, 2.45) is 0 Å². The van der Waals surface area contributed by atoms with E-state index >= 15 is 0 Å². The molecule has 0 radical (unpaired) electrons. The highest BCUT2D eigenvalue weighted by atomic mass is 35.5. The van der Waals surface area contributed by atoms with E-state index in [1.54, 1.807) is 6.20 Å². The number of anilines is 1. The van der Waals surface area contributed by atoms with Crippen molar-refractivity contribution in [3.8, 4) is 0 Å². The molecule has 0 aromatic carbocycles. The van der Waals surface area contributed by atoms with Crippen LogP contribution in [0.25, 0.3) is 0 Å². The number of hydrogen-bond acceptors (Lipinski definition) is 3. The standard InChI is InChI=1S/C11H17ClN2O/c12-11-9-10(5-7-14-11)13-6-3-1-2-4-8-15/h5,7,9,15H,1-4,6,8H2,(H,13,14). The van der Waals surface area contributed by atoms with Gasteiger partial charge in [-0.15, -0.1) is 0 Å². The van der Waals surface area contributed by atoms with E-state index < -0.39 is 0 Å². The van der Waals surface area contributed by atoms with Crippen LogP contribution in [-0.2, 0) is 0 Å². The Hall–Kier alpha value is -0.800. The van der Waals surface area contributed by atoms with Gasteiger partial charge in [-0.25, -0.2) is 4.98 Å². The smallest absolute Gasteiger partial charge is 0.131 e. The highest BCUT2D eigenvalue weighted by Gasteiger charge is 1.94. The molecule has 0 aliphatic rings. The normalized spacial score (nSPS) is 10.3. The van der Waals surface area contributed by atoms with E-state index in [-0.39, 0.29) is 0 Å². The number of nitrogens with zero attached hydrogens (tertiary/aromatic N) is 1. The Labute approximate surface area is 95.5 Å². The first-order valence-corrected chi connectivity index (χ1v) is 5.67. The van der Waals surface area contributed by atoms with Gasteiger partial charge < -0.3 is 10.4 Å². The fraction of sp³-hybridized carbons (Fsp3) is 0.545. The third kappa shape index (κ3) is 5.60. The van der Waals surface area contributed by atoms with Crippen LogP contribution in [0.15, 0.2) is 18.3 Å². The molecule has 84 valence electrons. The molecule has 0 amide bonds. The van der Waals surface area contributed by atoms with Gasteiger partial charge in [-0.3, -0.25) is 0 Å². The first kappa shape index (κ1) is 12.3. The number of halogens is 1. The number of aliphatic hydroxyl groups excluding tert-OH is 1. The fourth-order valence-corrected chi connectivity index (χ4v) is 1.51. The minimum Gasteiger partial charge on any atom is -0.396 e. The van der Waals surface area contributed by atoms with Crippen molar-refractivity contribution in [1.82, 2.24) is 4.98 Å². The Morgan fingerprint density at radius 1 is 1.27 bits per heavy atom. The SMILES string of the molecule is OCCCCCCNc1ccnc(Cl)c1. The lowest BCUT2D eigenvalue weighted by Gasteiger charge is -2.05.